The van der Waals surface area contributed by atoms with Crippen molar-refractivity contribution in [3.05, 3.63) is 0 Å². The van der Waals surface area contributed by atoms with Crippen LogP contribution in [0.15, 0.2) is 0 Å². The number of sulfonamides is 1. The Bertz CT molecular complexity index is 531. The zero-order valence-corrected chi connectivity index (χ0v) is 17.3. The molecule has 2 fully saturated rings. The second kappa shape index (κ2) is 10.6. The van der Waals surface area contributed by atoms with E-state index in [0.717, 1.165) is 52.2 Å². The van der Waals surface area contributed by atoms with Gasteiger partial charge in [-0.05, 0) is 51.9 Å². The van der Waals surface area contributed by atoms with Crippen molar-refractivity contribution in [1.29, 1.82) is 0 Å². The molecular formula is C18H36N4O3S. The minimum Gasteiger partial charge on any atom is -0.340 e. The molecule has 0 spiro atoms. The van der Waals surface area contributed by atoms with Gasteiger partial charge in [0.15, 0.2) is 0 Å². The van der Waals surface area contributed by atoms with Gasteiger partial charge in [-0.2, -0.15) is 0 Å². The summed E-state index contributed by atoms with van der Waals surface area (Å²) in [7, 11) is 0.0418. The summed E-state index contributed by atoms with van der Waals surface area (Å²) in [5, 5.41) is 0. The molecule has 0 saturated carbocycles. The minimum absolute atomic E-state index is 0.189. The molecule has 0 N–H and O–H groups in total. The Morgan fingerprint density at radius 1 is 0.846 bits per heavy atom. The highest BCUT2D eigenvalue weighted by molar-refractivity contribution is 7.89. The Balaban J connectivity index is 1.72. The molecule has 1 amide bonds. The molecule has 2 aliphatic rings. The molecule has 26 heavy (non-hydrogen) atoms. The fourth-order valence-electron chi connectivity index (χ4n) is 3.68. The van der Waals surface area contributed by atoms with E-state index in [1.807, 2.05) is 4.90 Å². The number of carbonyl (C=O) groups is 1. The second-order valence-electron chi connectivity index (χ2n) is 7.72. The first-order valence-electron chi connectivity index (χ1n) is 10.0. The lowest BCUT2D eigenvalue weighted by Crippen LogP contribution is -2.42. The summed E-state index contributed by atoms with van der Waals surface area (Å²) in [5.41, 5.74) is 0. The van der Waals surface area contributed by atoms with Gasteiger partial charge in [-0.1, -0.05) is 12.8 Å². The summed E-state index contributed by atoms with van der Waals surface area (Å²) in [5.74, 6) is 0.442. The van der Waals surface area contributed by atoms with Crippen molar-refractivity contribution < 1.29 is 13.2 Å². The zero-order valence-electron chi connectivity index (χ0n) is 16.5. The summed E-state index contributed by atoms with van der Waals surface area (Å²) in [6.07, 6.45) is 6.59. The summed E-state index contributed by atoms with van der Waals surface area (Å²) in [6.45, 7) is 6.79. The van der Waals surface area contributed by atoms with Crippen molar-refractivity contribution in [2.75, 3.05) is 72.2 Å². The van der Waals surface area contributed by atoms with E-state index in [2.05, 4.69) is 9.80 Å². The van der Waals surface area contributed by atoms with Gasteiger partial charge in [-0.15, -0.1) is 0 Å². The van der Waals surface area contributed by atoms with E-state index in [9.17, 15) is 13.2 Å². The fraction of sp³-hybridized carbons (Fsp3) is 0.944. The van der Waals surface area contributed by atoms with Crippen LogP contribution in [-0.4, -0.2) is 106 Å². The van der Waals surface area contributed by atoms with Crippen LogP contribution < -0.4 is 0 Å². The maximum Gasteiger partial charge on any atom is 0.236 e. The maximum atomic E-state index is 12.6. The lowest BCUT2D eigenvalue weighted by molar-refractivity contribution is -0.132. The molecule has 7 nitrogen and oxygen atoms in total. The number of nitrogens with zero attached hydrogens (tertiary/aromatic N) is 4. The van der Waals surface area contributed by atoms with Crippen LogP contribution in [0.3, 0.4) is 0 Å². The lowest BCUT2D eigenvalue weighted by Gasteiger charge is -2.26. The van der Waals surface area contributed by atoms with Gasteiger partial charge in [0.25, 0.3) is 0 Å². The SMILES string of the molecule is CN(C)S(=O)(=O)CCCN1CCCN(C(=O)CN2CCCCCC2)CC1. The minimum atomic E-state index is -3.12. The van der Waals surface area contributed by atoms with Crippen LogP contribution in [0.5, 0.6) is 0 Å². The van der Waals surface area contributed by atoms with Crippen molar-refractivity contribution in [3.8, 4) is 0 Å². The highest BCUT2D eigenvalue weighted by atomic mass is 32.2. The van der Waals surface area contributed by atoms with Crippen LogP contribution in [0.25, 0.3) is 0 Å². The smallest absolute Gasteiger partial charge is 0.236 e. The predicted octanol–water partition coefficient (Wildman–Crippen LogP) is 0.678. The molecule has 0 aliphatic carbocycles. The molecule has 2 rings (SSSR count). The van der Waals surface area contributed by atoms with Crippen LogP contribution in [0.2, 0.25) is 0 Å². The summed E-state index contributed by atoms with van der Waals surface area (Å²) in [4.78, 5) is 19.2. The quantitative estimate of drug-likeness (QED) is 0.642. The molecule has 0 radical (unpaired) electrons. The predicted molar refractivity (Wildman–Crippen MR) is 105 cm³/mol. The van der Waals surface area contributed by atoms with Gasteiger partial charge in [0, 0.05) is 33.7 Å². The second-order valence-corrected chi connectivity index (χ2v) is 10.0. The first-order valence-corrected chi connectivity index (χ1v) is 11.6. The standard InChI is InChI=1S/C18H36N4O3S/c1-19(2)26(24,25)16-8-12-20-11-7-13-22(15-14-20)18(23)17-21-9-5-3-4-6-10-21/h3-17H2,1-2H3. The van der Waals surface area contributed by atoms with Crippen molar-refractivity contribution >= 4 is 15.9 Å². The molecule has 2 heterocycles. The largest absolute Gasteiger partial charge is 0.340 e. The molecular weight excluding hydrogens is 352 g/mol. The Morgan fingerprint density at radius 2 is 1.50 bits per heavy atom. The lowest BCUT2D eigenvalue weighted by atomic mass is 10.2. The van der Waals surface area contributed by atoms with Gasteiger partial charge in [-0.25, -0.2) is 12.7 Å². The summed E-state index contributed by atoms with van der Waals surface area (Å²) in [6, 6.07) is 0. The topological polar surface area (TPSA) is 64.2 Å². The average Bonchev–Trinajstić information content (AvgIpc) is 2.97. The Morgan fingerprint density at radius 3 is 2.15 bits per heavy atom. The molecule has 0 aromatic heterocycles. The van der Waals surface area contributed by atoms with E-state index < -0.39 is 10.0 Å². The molecule has 0 atom stereocenters. The molecule has 0 aromatic carbocycles. The summed E-state index contributed by atoms with van der Waals surface area (Å²) >= 11 is 0. The number of likely N-dealkylation sites (tertiary alicyclic amines) is 1. The highest BCUT2D eigenvalue weighted by Crippen LogP contribution is 2.11. The van der Waals surface area contributed by atoms with E-state index >= 15 is 0 Å². The Labute approximate surface area is 159 Å². The van der Waals surface area contributed by atoms with Gasteiger partial charge in [-0.3, -0.25) is 9.69 Å². The average molecular weight is 389 g/mol. The molecule has 0 aromatic rings. The molecule has 2 aliphatic heterocycles. The third-order valence-electron chi connectivity index (χ3n) is 5.43. The van der Waals surface area contributed by atoms with Crippen molar-refractivity contribution in [2.24, 2.45) is 0 Å². The maximum absolute atomic E-state index is 12.6. The number of hydrogen-bond acceptors (Lipinski definition) is 5. The van der Waals surface area contributed by atoms with E-state index in [0.29, 0.717) is 13.0 Å². The van der Waals surface area contributed by atoms with Gasteiger partial charge in [0.1, 0.15) is 0 Å². The van der Waals surface area contributed by atoms with Gasteiger partial charge in [0.05, 0.1) is 12.3 Å². The summed E-state index contributed by atoms with van der Waals surface area (Å²) < 4.78 is 25.0. The first-order chi connectivity index (χ1) is 12.4. The zero-order chi connectivity index (χ0) is 19.0. The van der Waals surface area contributed by atoms with Gasteiger partial charge >= 0.3 is 0 Å². The van der Waals surface area contributed by atoms with Crippen molar-refractivity contribution in [1.82, 2.24) is 19.0 Å². The third-order valence-corrected chi connectivity index (χ3v) is 7.35. The van der Waals surface area contributed by atoms with Crippen LogP contribution in [-0.2, 0) is 14.8 Å². The Kier molecular flexibility index (Phi) is 8.79. The Hall–Kier alpha value is -0.700. The van der Waals surface area contributed by atoms with E-state index in [-0.39, 0.29) is 11.7 Å². The molecule has 152 valence electrons. The number of rotatable bonds is 7. The molecule has 2 saturated heterocycles. The molecule has 0 bridgehead atoms. The molecule has 0 unspecified atom stereocenters. The monoisotopic (exact) mass is 388 g/mol. The third kappa shape index (κ3) is 7.13. The van der Waals surface area contributed by atoms with Crippen molar-refractivity contribution in [2.45, 2.75) is 38.5 Å². The highest BCUT2D eigenvalue weighted by Gasteiger charge is 2.22. The van der Waals surface area contributed by atoms with Crippen LogP contribution in [0.4, 0.5) is 0 Å². The van der Waals surface area contributed by atoms with E-state index in [4.69, 9.17) is 0 Å². The van der Waals surface area contributed by atoms with Crippen LogP contribution in [0, 0.1) is 0 Å². The number of hydrogen-bond donors (Lipinski definition) is 0. The molecule has 8 heteroatoms. The number of amides is 1. The normalized spacial score (nSPS) is 21.6. The van der Waals surface area contributed by atoms with E-state index in [1.54, 1.807) is 14.1 Å². The van der Waals surface area contributed by atoms with Crippen LogP contribution in [0.1, 0.15) is 38.5 Å². The number of carbonyl (C=O) groups excluding carboxylic acids is 1. The van der Waals surface area contributed by atoms with Gasteiger partial charge < -0.3 is 9.80 Å². The van der Waals surface area contributed by atoms with Crippen molar-refractivity contribution in [3.63, 3.8) is 0 Å². The van der Waals surface area contributed by atoms with E-state index in [1.165, 1.54) is 30.0 Å². The van der Waals surface area contributed by atoms with Gasteiger partial charge in [0.2, 0.25) is 15.9 Å². The van der Waals surface area contributed by atoms with Crippen LogP contribution >= 0.6 is 0 Å². The first kappa shape index (κ1) is 21.6. The fourth-order valence-corrected chi connectivity index (χ4v) is 4.54.